The fourth-order valence-corrected chi connectivity index (χ4v) is 1.95. The van der Waals surface area contributed by atoms with Crippen LogP contribution in [0.5, 0.6) is 5.75 Å². The van der Waals surface area contributed by atoms with E-state index in [4.69, 9.17) is 4.74 Å². The standard InChI is InChI=1S/C15H16N2O3/c1-11-14(4-3-5-15(11)17(18)19)16-10-12-6-8-13(20-2)9-7-12/h3-9,16H,10H2,1-2H3. The molecule has 0 atom stereocenters. The van der Waals surface area contributed by atoms with Gasteiger partial charge in [-0.15, -0.1) is 0 Å². The molecule has 0 aliphatic rings. The van der Waals surface area contributed by atoms with Crippen molar-refractivity contribution in [2.24, 2.45) is 0 Å². The largest absolute Gasteiger partial charge is 0.497 e. The maximum Gasteiger partial charge on any atom is 0.274 e. The summed E-state index contributed by atoms with van der Waals surface area (Å²) in [7, 11) is 1.62. The van der Waals surface area contributed by atoms with Crippen LogP contribution in [-0.2, 0) is 6.54 Å². The molecule has 0 aliphatic heterocycles. The van der Waals surface area contributed by atoms with Gasteiger partial charge in [-0.1, -0.05) is 18.2 Å². The van der Waals surface area contributed by atoms with E-state index in [2.05, 4.69) is 5.32 Å². The van der Waals surface area contributed by atoms with Crippen LogP contribution in [0, 0.1) is 17.0 Å². The first-order valence-electron chi connectivity index (χ1n) is 6.22. The second kappa shape index (κ2) is 6.06. The number of nitrogens with zero attached hydrogens (tertiary/aromatic N) is 1. The van der Waals surface area contributed by atoms with E-state index in [-0.39, 0.29) is 10.6 Å². The van der Waals surface area contributed by atoms with Crippen LogP contribution in [0.25, 0.3) is 0 Å². The number of nitro benzene ring substituents is 1. The van der Waals surface area contributed by atoms with Gasteiger partial charge in [0.2, 0.25) is 0 Å². The molecule has 0 heterocycles. The van der Waals surface area contributed by atoms with Crippen LogP contribution in [0.15, 0.2) is 42.5 Å². The average molecular weight is 272 g/mol. The van der Waals surface area contributed by atoms with Crippen LogP contribution < -0.4 is 10.1 Å². The molecule has 0 fully saturated rings. The van der Waals surface area contributed by atoms with Gasteiger partial charge in [0.15, 0.2) is 0 Å². The normalized spacial score (nSPS) is 10.1. The lowest BCUT2D eigenvalue weighted by Gasteiger charge is -2.10. The van der Waals surface area contributed by atoms with E-state index < -0.39 is 0 Å². The van der Waals surface area contributed by atoms with E-state index in [0.29, 0.717) is 12.1 Å². The van der Waals surface area contributed by atoms with E-state index in [9.17, 15) is 10.1 Å². The number of hydrogen-bond acceptors (Lipinski definition) is 4. The van der Waals surface area contributed by atoms with Crippen molar-refractivity contribution in [3.05, 3.63) is 63.7 Å². The number of anilines is 1. The van der Waals surface area contributed by atoms with E-state index >= 15 is 0 Å². The van der Waals surface area contributed by atoms with Gasteiger partial charge in [0.05, 0.1) is 12.0 Å². The molecule has 2 rings (SSSR count). The molecule has 0 aromatic heterocycles. The van der Waals surface area contributed by atoms with Crippen molar-refractivity contribution in [2.75, 3.05) is 12.4 Å². The van der Waals surface area contributed by atoms with E-state index in [0.717, 1.165) is 17.0 Å². The highest BCUT2D eigenvalue weighted by Crippen LogP contribution is 2.25. The topological polar surface area (TPSA) is 64.4 Å². The minimum Gasteiger partial charge on any atom is -0.497 e. The lowest BCUT2D eigenvalue weighted by molar-refractivity contribution is -0.385. The zero-order valence-electron chi connectivity index (χ0n) is 11.4. The van der Waals surface area contributed by atoms with Crippen molar-refractivity contribution in [1.82, 2.24) is 0 Å². The summed E-state index contributed by atoms with van der Waals surface area (Å²) < 4.78 is 5.10. The first-order chi connectivity index (χ1) is 9.61. The number of benzene rings is 2. The fraction of sp³-hybridized carbons (Fsp3) is 0.200. The average Bonchev–Trinajstić information content (AvgIpc) is 2.46. The Balaban J connectivity index is 2.10. The highest BCUT2D eigenvalue weighted by atomic mass is 16.6. The zero-order valence-corrected chi connectivity index (χ0v) is 11.4. The van der Waals surface area contributed by atoms with Gasteiger partial charge in [-0.25, -0.2) is 0 Å². The van der Waals surface area contributed by atoms with Gasteiger partial charge in [0, 0.05) is 23.9 Å². The van der Waals surface area contributed by atoms with Crippen LogP contribution >= 0.6 is 0 Å². The summed E-state index contributed by atoms with van der Waals surface area (Å²) in [6, 6.07) is 12.7. The Bertz CT molecular complexity index is 609. The fourth-order valence-electron chi connectivity index (χ4n) is 1.95. The highest BCUT2D eigenvalue weighted by molar-refractivity contribution is 5.59. The van der Waals surface area contributed by atoms with Crippen molar-refractivity contribution >= 4 is 11.4 Å². The van der Waals surface area contributed by atoms with Crippen LogP contribution in [0.3, 0.4) is 0 Å². The molecule has 5 nitrogen and oxygen atoms in total. The SMILES string of the molecule is COc1ccc(CNc2cccc([N+](=O)[O-])c2C)cc1. The summed E-state index contributed by atoms with van der Waals surface area (Å²) in [4.78, 5) is 10.5. The number of nitro groups is 1. The molecule has 0 aliphatic carbocycles. The summed E-state index contributed by atoms with van der Waals surface area (Å²) in [6.45, 7) is 2.35. The van der Waals surface area contributed by atoms with E-state index in [1.807, 2.05) is 30.3 Å². The highest BCUT2D eigenvalue weighted by Gasteiger charge is 2.12. The summed E-state index contributed by atoms with van der Waals surface area (Å²) in [5.41, 5.74) is 2.63. The molecule has 5 heteroatoms. The maximum atomic E-state index is 10.9. The smallest absolute Gasteiger partial charge is 0.274 e. The third kappa shape index (κ3) is 3.06. The molecule has 0 amide bonds. The molecule has 0 bridgehead atoms. The second-order valence-corrected chi connectivity index (χ2v) is 4.41. The Morgan fingerprint density at radius 2 is 1.90 bits per heavy atom. The van der Waals surface area contributed by atoms with Crippen molar-refractivity contribution in [2.45, 2.75) is 13.5 Å². The van der Waals surface area contributed by atoms with Crippen molar-refractivity contribution in [1.29, 1.82) is 0 Å². The lowest BCUT2D eigenvalue weighted by Crippen LogP contribution is -2.02. The van der Waals surface area contributed by atoms with Crippen molar-refractivity contribution in [3.63, 3.8) is 0 Å². The monoisotopic (exact) mass is 272 g/mol. The summed E-state index contributed by atoms with van der Waals surface area (Å²) in [5, 5.41) is 14.1. The van der Waals surface area contributed by atoms with E-state index in [1.54, 1.807) is 20.1 Å². The molecule has 0 saturated carbocycles. The first-order valence-corrected chi connectivity index (χ1v) is 6.22. The molecular weight excluding hydrogens is 256 g/mol. The van der Waals surface area contributed by atoms with Crippen LogP contribution in [0.4, 0.5) is 11.4 Å². The molecule has 1 N–H and O–H groups in total. The van der Waals surface area contributed by atoms with Gasteiger partial charge in [0.1, 0.15) is 5.75 Å². The number of rotatable bonds is 5. The van der Waals surface area contributed by atoms with Gasteiger partial charge in [-0.3, -0.25) is 10.1 Å². The first kappa shape index (κ1) is 13.9. The van der Waals surface area contributed by atoms with Gasteiger partial charge in [0.25, 0.3) is 5.69 Å². The number of hydrogen-bond donors (Lipinski definition) is 1. The summed E-state index contributed by atoms with van der Waals surface area (Å²) in [5.74, 6) is 0.806. The van der Waals surface area contributed by atoms with Crippen LogP contribution in [0.2, 0.25) is 0 Å². The van der Waals surface area contributed by atoms with Gasteiger partial charge in [-0.05, 0) is 30.7 Å². The molecule has 0 saturated heterocycles. The molecule has 20 heavy (non-hydrogen) atoms. The number of methoxy groups -OCH3 is 1. The van der Waals surface area contributed by atoms with Crippen LogP contribution in [0.1, 0.15) is 11.1 Å². The molecule has 0 unspecified atom stereocenters. The molecular formula is C15H16N2O3. The maximum absolute atomic E-state index is 10.9. The number of nitrogens with one attached hydrogen (secondary N) is 1. The van der Waals surface area contributed by atoms with Crippen molar-refractivity contribution in [3.8, 4) is 5.75 Å². The third-order valence-electron chi connectivity index (χ3n) is 3.14. The Morgan fingerprint density at radius 3 is 2.50 bits per heavy atom. The third-order valence-corrected chi connectivity index (χ3v) is 3.14. The van der Waals surface area contributed by atoms with Gasteiger partial charge in [-0.2, -0.15) is 0 Å². The van der Waals surface area contributed by atoms with Crippen LogP contribution in [-0.4, -0.2) is 12.0 Å². The van der Waals surface area contributed by atoms with Gasteiger partial charge < -0.3 is 10.1 Å². The quantitative estimate of drug-likeness (QED) is 0.668. The summed E-state index contributed by atoms with van der Waals surface area (Å²) in [6.07, 6.45) is 0. The van der Waals surface area contributed by atoms with E-state index in [1.165, 1.54) is 6.07 Å². The minimum absolute atomic E-state index is 0.129. The summed E-state index contributed by atoms with van der Waals surface area (Å²) >= 11 is 0. The zero-order chi connectivity index (χ0) is 14.5. The minimum atomic E-state index is -0.367. The Labute approximate surface area is 117 Å². The van der Waals surface area contributed by atoms with Gasteiger partial charge >= 0.3 is 0 Å². The molecule has 2 aromatic carbocycles. The predicted molar refractivity (Wildman–Crippen MR) is 78.2 cm³/mol. The Morgan fingerprint density at radius 1 is 1.20 bits per heavy atom. The molecule has 0 spiro atoms. The van der Waals surface area contributed by atoms with Crippen molar-refractivity contribution < 1.29 is 9.66 Å². The lowest BCUT2D eigenvalue weighted by atomic mass is 10.1. The Kier molecular flexibility index (Phi) is 4.20. The predicted octanol–water partition coefficient (Wildman–Crippen LogP) is 3.52. The second-order valence-electron chi connectivity index (χ2n) is 4.41. The Hall–Kier alpha value is -2.56. The molecule has 2 aromatic rings. The molecule has 0 radical (unpaired) electrons. The number of ether oxygens (including phenoxy) is 1. The molecule has 104 valence electrons.